The lowest BCUT2D eigenvalue weighted by atomic mass is 9.57. The number of carbonyl (C=O) groups is 2. The first-order valence-corrected chi connectivity index (χ1v) is 13.5. The van der Waals surface area contributed by atoms with Crippen molar-refractivity contribution >= 4 is 11.8 Å². The minimum Gasteiger partial charge on any atom is -0.350 e. The molecule has 4 bridgehead atoms. The van der Waals surface area contributed by atoms with Crippen LogP contribution < -0.4 is 5.32 Å². The first-order chi connectivity index (χ1) is 18.1. The lowest BCUT2D eigenvalue weighted by Gasteiger charge is -2.61. The fraction of sp³-hybridized carbons (Fsp3) is 0.375. The van der Waals surface area contributed by atoms with Gasteiger partial charge in [-0.3, -0.25) is 14.5 Å². The molecule has 5 heteroatoms. The number of carbonyl (C=O) groups excluding carboxylic acids is 2. The van der Waals surface area contributed by atoms with E-state index in [1.165, 1.54) is 11.1 Å². The predicted octanol–water partition coefficient (Wildman–Crippen LogP) is 4.28. The van der Waals surface area contributed by atoms with Crippen molar-refractivity contribution in [1.82, 2.24) is 15.1 Å². The Labute approximate surface area is 219 Å². The third-order valence-electron chi connectivity index (χ3n) is 8.97. The standard InChI is InChI=1S/C32H35N3O2/c1-23(36)35-21-27-18-28-22-34(20-26-15-9-4-10-16-26)30(29(27)17-24-11-5-2-6-12-24)32(28,35)31(37)33-19-25-13-7-3-8-14-25/h2-16,27-30H,17-22H2,1H3,(H,33,37). The zero-order valence-electron chi connectivity index (χ0n) is 21.4. The van der Waals surface area contributed by atoms with Crippen LogP contribution in [0.4, 0.5) is 0 Å². The molecule has 190 valence electrons. The number of piperidine rings is 2. The highest BCUT2D eigenvalue weighted by atomic mass is 16.2. The van der Waals surface area contributed by atoms with E-state index < -0.39 is 5.54 Å². The maximum absolute atomic E-state index is 14.4. The molecule has 4 fully saturated rings. The van der Waals surface area contributed by atoms with Gasteiger partial charge >= 0.3 is 0 Å². The molecule has 3 aromatic carbocycles. The molecule has 3 aliphatic heterocycles. The smallest absolute Gasteiger partial charge is 0.248 e. The van der Waals surface area contributed by atoms with Crippen LogP contribution in [0.3, 0.4) is 0 Å². The summed E-state index contributed by atoms with van der Waals surface area (Å²) < 4.78 is 0. The molecule has 0 radical (unpaired) electrons. The summed E-state index contributed by atoms with van der Waals surface area (Å²) in [7, 11) is 0. The van der Waals surface area contributed by atoms with Crippen LogP contribution in [0.5, 0.6) is 0 Å². The molecule has 0 spiro atoms. The Kier molecular flexibility index (Phi) is 6.33. The summed E-state index contributed by atoms with van der Waals surface area (Å²) in [6.07, 6.45) is 1.91. The van der Waals surface area contributed by atoms with Crippen molar-refractivity contribution in [3.05, 3.63) is 108 Å². The molecular formula is C32H35N3O2. The van der Waals surface area contributed by atoms with Gasteiger partial charge in [0.05, 0.1) is 0 Å². The number of benzene rings is 3. The Morgan fingerprint density at radius 3 is 2.05 bits per heavy atom. The van der Waals surface area contributed by atoms with Gasteiger partial charge in [-0.15, -0.1) is 0 Å². The lowest BCUT2D eigenvalue weighted by Crippen LogP contribution is -2.77. The van der Waals surface area contributed by atoms with E-state index >= 15 is 0 Å². The summed E-state index contributed by atoms with van der Waals surface area (Å²) in [6, 6.07) is 31.2. The fourth-order valence-corrected chi connectivity index (χ4v) is 7.58. The van der Waals surface area contributed by atoms with Gasteiger partial charge in [-0.05, 0) is 41.4 Å². The largest absolute Gasteiger partial charge is 0.350 e. The van der Waals surface area contributed by atoms with E-state index in [2.05, 4.69) is 64.8 Å². The van der Waals surface area contributed by atoms with Crippen molar-refractivity contribution in [2.75, 3.05) is 13.1 Å². The van der Waals surface area contributed by atoms with Crippen molar-refractivity contribution < 1.29 is 9.59 Å². The second kappa shape index (κ2) is 9.79. The van der Waals surface area contributed by atoms with E-state index in [-0.39, 0.29) is 23.8 Å². The first-order valence-electron chi connectivity index (χ1n) is 13.5. The maximum atomic E-state index is 14.4. The summed E-state index contributed by atoms with van der Waals surface area (Å²) >= 11 is 0. The van der Waals surface area contributed by atoms with E-state index in [1.807, 2.05) is 41.3 Å². The Hall–Kier alpha value is -3.44. The van der Waals surface area contributed by atoms with Crippen LogP contribution in [0.2, 0.25) is 0 Å². The van der Waals surface area contributed by atoms with Crippen LogP contribution in [0.15, 0.2) is 91.0 Å². The van der Waals surface area contributed by atoms with Gasteiger partial charge < -0.3 is 10.2 Å². The SMILES string of the molecule is CC(=O)N1CC2CC3CN(Cc4ccccc4)C(C2Cc2ccccc2)C31C(=O)NCc1ccccc1. The molecule has 5 atom stereocenters. The van der Waals surface area contributed by atoms with E-state index in [0.717, 1.165) is 31.5 Å². The zero-order chi connectivity index (χ0) is 25.4. The second-order valence-corrected chi connectivity index (χ2v) is 11.0. The summed E-state index contributed by atoms with van der Waals surface area (Å²) in [4.78, 5) is 32.0. The second-order valence-electron chi connectivity index (χ2n) is 11.0. The summed E-state index contributed by atoms with van der Waals surface area (Å²) in [5.41, 5.74) is 2.78. The van der Waals surface area contributed by atoms with E-state index in [1.54, 1.807) is 6.92 Å². The summed E-state index contributed by atoms with van der Waals surface area (Å²) in [5, 5.41) is 3.28. The average molecular weight is 494 g/mol. The van der Waals surface area contributed by atoms with Crippen molar-refractivity contribution in [3.63, 3.8) is 0 Å². The van der Waals surface area contributed by atoms with Crippen molar-refractivity contribution in [2.24, 2.45) is 17.8 Å². The van der Waals surface area contributed by atoms with Gasteiger partial charge in [0.1, 0.15) is 5.54 Å². The maximum Gasteiger partial charge on any atom is 0.248 e. The monoisotopic (exact) mass is 493 g/mol. The van der Waals surface area contributed by atoms with Gasteiger partial charge in [-0.2, -0.15) is 0 Å². The van der Waals surface area contributed by atoms with Gasteiger partial charge in [0.2, 0.25) is 11.8 Å². The lowest BCUT2D eigenvalue weighted by molar-refractivity contribution is -0.172. The number of hydrogen-bond acceptors (Lipinski definition) is 3. The van der Waals surface area contributed by atoms with Crippen molar-refractivity contribution in [2.45, 2.75) is 44.4 Å². The number of nitrogens with zero attached hydrogens (tertiary/aromatic N) is 2. The highest BCUT2D eigenvalue weighted by molar-refractivity contribution is 5.93. The Morgan fingerprint density at radius 2 is 1.43 bits per heavy atom. The van der Waals surface area contributed by atoms with Gasteiger partial charge in [0, 0.05) is 45.1 Å². The molecule has 3 heterocycles. The molecule has 3 saturated heterocycles. The van der Waals surface area contributed by atoms with E-state index in [0.29, 0.717) is 24.9 Å². The third-order valence-corrected chi connectivity index (χ3v) is 8.97. The van der Waals surface area contributed by atoms with E-state index in [9.17, 15) is 9.59 Å². The van der Waals surface area contributed by atoms with Crippen LogP contribution in [-0.4, -0.2) is 46.3 Å². The highest BCUT2D eigenvalue weighted by Crippen LogP contribution is 2.57. The molecule has 1 saturated carbocycles. The molecule has 5 unspecified atom stereocenters. The van der Waals surface area contributed by atoms with Crippen LogP contribution in [-0.2, 0) is 29.1 Å². The van der Waals surface area contributed by atoms with Crippen LogP contribution in [0.1, 0.15) is 30.0 Å². The molecule has 0 aromatic heterocycles. The molecule has 4 aliphatic rings. The van der Waals surface area contributed by atoms with Gasteiger partial charge in [-0.25, -0.2) is 0 Å². The topological polar surface area (TPSA) is 52.7 Å². The average Bonchev–Trinajstić information content (AvgIpc) is 3.19. The first kappa shape index (κ1) is 23.9. The quantitative estimate of drug-likeness (QED) is 0.535. The minimum atomic E-state index is -0.844. The molecule has 1 N–H and O–H groups in total. The van der Waals surface area contributed by atoms with Crippen molar-refractivity contribution in [3.8, 4) is 0 Å². The van der Waals surface area contributed by atoms with Crippen LogP contribution in [0, 0.1) is 17.8 Å². The Morgan fingerprint density at radius 1 is 0.838 bits per heavy atom. The predicted molar refractivity (Wildman–Crippen MR) is 144 cm³/mol. The molecule has 2 amide bonds. The molecule has 37 heavy (non-hydrogen) atoms. The Balaban J connectivity index is 1.40. The summed E-state index contributed by atoms with van der Waals surface area (Å²) in [6.45, 7) is 4.40. The third kappa shape index (κ3) is 4.15. The van der Waals surface area contributed by atoms with Crippen LogP contribution >= 0.6 is 0 Å². The number of fused-ring (bicyclic) bond motifs is 1. The van der Waals surface area contributed by atoms with Gasteiger partial charge in [0.15, 0.2) is 0 Å². The van der Waals surface area contributed by atoms with Gasteiger partial charge in [-0.1, -0.05) is 91.0 Å². The molecule has 1 aliphatic carbocycles. The Bertz CT molecular complexity index is 1250. The molecular weight excluding hydrogens is 458 g/mol. The number of likely N-dealkylation sites (tertiary alicyclic amines) is 1. The molecule has 5 nitrogen and oxygen atoms in total. The van der Waals surface area contributed by atoms with Crippen LogP contribution in [0.25, 0.3) is 0 Å². The number of hydrogen-bond donors (Lipinski definition) is 1. The number of amides is 2. The zero-order valence-corrected chi connectivity index (χ0v) is 21.4. The highest BCUT2D eigenvalue weighted by Gasteiger charge is 2.71. The fourth-order valence-electron chi connectivity index (χ4n) is 7.58. The van der Waals surface area contributed by atoms with E-state index in [4.69, 9.17) is 0 Å². The summed E-state index contributed by atoms with van der Waals surface area (Å²) in [5.74, 6) is 0.848. The number of nitrogens with one attached hydrogen (secondary N) is 1. The van der Waals surface area contributed by atoms with Gasteiger partial charge in [0.25, 0.3) is 0 Å². The molecule has 3 aromatic rings. The van der Waals surface area contributed by atoms with Crippen molar-refractivity contribution in [1.29, 1.82) is 0 Å². The molecule has 7 rings (SSSR count). The number of rotatable bonds is 7. The normalized spacial score (nSPS) is 28.3. The minimum absolute atomic E-state index is 0.00771.